The molecule has 4 nitrogen and oxygen atoms in total. The molecular formula is C24H27N3O. The summed E-state index contributed by atoms with van der Waals surface area (Å²) in [5.74, 6) is 0.745. The van der Waals surface area contributed by atoms with Crippen molar-refractivity contribution in [3.63, 3.8) is 0 Å². The molecule has 0 radical (unpaired) electrons. The summed E-state index contributed by atoms with van der Waals surface area (Å²) in [6, 6.07) is 8.51. The van der Waals surface area contributed by atoms with E-state index < -0.39 is 0 Å². The highest BCUT2D eigenvalue weighted by molar-refractivity contribution is 5.62. The van der Waals surface area contributed by atoms with E-state index in [1.54, 1.807) is 0 Å². The number of hydrogen-bond donors (Lipinski definition) is 0. The maximum Gasteiger partial charge on any atom is 0.265 e. The number of benzene rings is 1. The van der Waals surface area contributed by atoms with Crippen molar-refractivity contribution >= 4 is 11.8 Å². The van der Waals surface area contributed by atoms with Gasteiger partial charge in [0.2, 0.25) is 0 Å². The zero-order valence-electron chi connectivity index (χ0n) is 17.0. The van der Waals surface area contributed by atoms with E-state index in [1.165, 1.54) is 11.3 Å². The standard InChI is InChI=1S/C24H27N3O/c1-5-19-14-18(9-11-23(19)27(3)4)8-10-21-15-20(22(17-25)26-2)16-24(28-21)12-6-7-13-24/h8-11,14-15H,5-7,12-13,16H2,1,3-4H3. The summed E-state index contributed by atoms with van der Waals surface area (Å²) in [6.45, 7) is 9.47. The third kappa shape index (κ3) is 4.12. The number of aryl methyl sites for hydroxylation is 1. The van der Waals surface area contributed by atoms with Gasteiger partial charge in [0.15, 0.2) is 0 Å². The third-order valence-electron chi connectivity index (χ3n) is 5.61. The largest absolute Gasteiger partial charge is 0.487 e. The fourth-order valence-electron chi connectivity index (χ4n) is 4.19. The first-order chi connectivity index (χ1) is 13.5. The Morgan fingerprint density at radius 1 is 1.32 bits per heavy atom. The molecule has 0 atom stereocenters. The maximum atomic E-state index is 9.32. The van der Waals surface area contributed by atoms with E-state index >= 15 is 0 Å². The highest BCUT2D eigenvalue weighted by Crippen LogP contribution is 2.44. The molecule has 0 N–H and O–H groups in total. The molecule has 1 saturated carbocycles. The molecule has 0 unspecified atom stereocenters. The minimum absolute atomic E-state index is 0.184. The summed E-state index contributed by atoms with van der Waals surface area (Å²) in [5.41, 5.74) is 4.40. The van der Waals surface area contributed by atoms with Crippen LogP contribution in [0.3, 0.4) is 0 Å². The highest BCUT2D eigenvalue weighted by Gasteiger charge is 2.39. The average molecular weight is 374 g/mol. The van der Waals surface area contributed by atoms with Crippen LogP contribution in [0, 0.1) is 17.9 Å². The van der Waals surface area contributed by atoms with E-state index in [0.29, 0.717) is 6.42 Å². The normalized spacial score (nSPS) is 19.7. The monoisotopic (exact) mass is 373 g/mol. The van der Waals surface area contributed by atoms with Crippen LogP contribution in [-0.2, 0) is 11.2 Å². The van der Waals surface area contributed by atoms with Gasteiger partial charge in [0.25, 0.3) is 5.70 Å². The van der Waals surface area contributed by atoms with Crippen molar-refractivity contribution in [2.24, 2.45) is 0 Å². The number of anilines is 1. The summed E-state index contributed by atoms with van der Waals surface area (Å²) in [5, 5.41) is 9.32. The summed E-state index contributed by atoms with van der Waals surface area (Å²) in [4.78, 5) is 5.56. The van der Waals surface area contributed by atoms with Crippen molar-refractivity contribution < 1.29 is 4.74 Å². The van der Waals surface area contributed by atoms with Crippen LogP contribution in [0.15, 0.2) is 47.4 Å². The van der Waals surface area contributed by atoms with Gasteiger partial charge in [-0.15, -0.1) is 0 Å². The predicted octanol–water partition coefficient (Wildman–Crippen LogP) is 5.64. The number of ether oxygens (including phenoxy) is 1. The molecule has 1 aliphatic carbocycles. The van der Waals surface area contributed by atoms with Crippen LogP contribution in [0.4, 0.5) is 5.69 Å². The molecule has 2 aliphatic rings. The van der Waals surface area contributed by atoms with E-state index in [-0.39, 0.29) is 11.3 Å². The van der Waals surface area contributed by atoms with Crippen LogP contribution in [0.5, 0.6) is 0 Å². The number of allylic oxidation sites excluding steroid dienone is 3. The molecule has 4 heteroatoms. The molecule has 0 aromatic heterocycles. The second-order valence-electron chi connectivity index (χ2n) is 7.78. The highest BCUT2D eigenvalue weighted by atomic mass is 16.5. The van der Waals surface area contributed by atoms with Crippen LogP contribution < -0.4 is 4.90 Å². The fraction of sp³-hybridized carbons (Fsp3) is 0.417. The van der Waals surface area contributed by atoms with Gasteiger partial charge in [0.1, 0.15) is 11.4 Å². The number of nitriles is 1. The minimum atomic E-state index is -0.250. The topological polar surface area (TPSA) is 40.6 Å². The van der Waals surface area contributed by atoms with Crippen LogP contribution in [-0.4, -0.2) is 19.7 Å². The van der Waals surface area contributed by atoms with Crippen LogP contribution >= 0.6 is 0 Å². The first-order valence-corrected chi connectivity index (χ1v) is 9.90. The number of hydrogen-bond acceptors (Lipinski definition) is 3. The first kappa shape index (κ1) is 19.8. The Bertz CT molecular complexity index is 900. The van der Waals surface area contributed by atoms with E-state index in [2.05, 4.69) is 61.1 Å². The molecule has 1 fully saturated rings. The van der Waals surface area contributed by atoms with Crippen molar-refractivity contribution in [2.45, 2.75) is 51.0 Å². The van der Waals surface area contributed by atoms with E-state index in [1.807, 2.05) is 12.2 Å². The zero-order chi connectivity index (χ0) is 20.1. The Morgan fingerprint density at radius 3 is 2.68 bits per heavy atom. The predicted molar refractivity (Wildman–Crippen MR) is 113 cm³/mol. The van der Waals surface area contributed by atoms with Gasteiger partial charge in [-0.1, -0.05) is 19.1 Å². The van der Waals surface area contributed by atoms with Gasteiger partial charge in [-0.25, -0.2) is 10.1 Å². The van der Waals surface area contributed by atoms with Gasteiger partial charge in [0, 0.05) is 26.2 Å². The second kappa shape index (κ2) is 8.36. The van der Waals surface area contributed by atoms with E-state index in [9.17, 15) is 5.26 Å². The van der Waals surface area contributed by atoms with Crippen molar-refractivity contribution in [3.8, 4) is 6.07 Å². The Kier molecular flexibility index (Phi) is 5.90. The summed E-state index contributed by atoms with van der Waals surface area (Å²) in [6.07, 6.45) is 11.8. The molecule has 0 saturated heterocycles. The van der Waals surface area contributed by atoms with Crippen molar-refractivity contribution in [2.75, 3.05) is 19.0 Å². The van der Waals surface area contributed by atoms with Gasteiger partial charge in [-0.3, -0.25) is 0 Å². The van der Waals surface area contributed by atoms with Crippen molar-refractivity contribution in [1.29, 1.82) is 5.26 Å². The Morgan fingerprint density at radius 2 is 2.07 bits per heavy atom. The fourth-order valence-corrected chi connectivity index (χ4v) is 4.19. The molecule has 0 amide bonds. The quantitative estimate of drug-likeness (QED) is 0.506. The van der Waals surface area contributed by atoms with Gasteiger partial charge < -0.3 is 9.64 Å². The SMILES string of the molecule is [C-]#[N+]C(C#N)=C1C=C(C=Cc2ccc(N(C)C)c(CC)c2)OC2(CCCC2)C1. The van der Waals surface area contributed by atoms with Crippen molar-refractivity contribution in [1.82, 2.24) is 0 Å². The summed E-state index contributed by atoms with van der Waals surface area (Å²) < 4.78 is 6.36. The van der Waals surface area contributed by atoms with Crippen LogP contribution in [0.25, 0.3) is 10.9 Å². The lowest BCUT2D eigenvalue weighted by molar-refractivity contribution is 0.00776. The number of rotatable bonds is 4. The molecule has 1 spiro atoms. The first-order valence-electron chi connectivity index (χ1n) is 9.90. The zero-order valence-corrected chi connectivity index (χ0v) is 17.0. The molecule has 28 heavy (non-hydrogen) atoms. The maximum absolute atomic E-state index is 9.32. The lowest BCUT2D eigenvalue weighted by atomic mass is 9.88. The van der Waals surface area contributed by atoms with Gasteiger partial charge in [-0.05, 0) is 73.1 Å². The lowest BCUT2D eigenvalue weighted by Gasteiger charge is -2.35. The van der Waals surface area contributed by atoms with E-state index in [4.69, 9.17) is 11.3 Å². The molecule has 1 aliphatic heterocycles. The third-order valence-corrected chi connectivity index (χ3v) is 5.61. The molecular weight excluding hydrogens is 346 g/mol. The van der Waals surface area contributed by atoms with Crippen molar-refractivity contribution in [3.05, 3.63) is 69.9 Å². The number of nitrogens with zero attached hydrogens (tertiary/aromatic N) is 3. The average Bonchev–Trinajstić information content (AvgIpc) is 3.13. The van der Waals surface area contributed by atoms with Crippen LogP contribution in [0.1, 0.15) is 50.2 Å². The lowest BCUT2D eigenvalue weighted by Crippen LogP contribution is -2.31. The Labute approximate surface area is 168 Å². The molecule has 0 bridgehead atoms. The Balaban J connectivity index is 1.92. The second-order valence-corrected chi connectivity index (χ2v) is 7.78. The van der Waals surface area contributed by atoms with Crippen LogP contribution in [0.2, 0.25) is 0 Å². The smallest absolute Gasteiger partial charge is 0.265 e. The Hall–Kier alpha value is -2.98. The van der Waals surface area contributed by atoms with Gasteiger partial charge in [-0.2, -0.15) is 0 Å². The summed E-state index contributed by atoms with van der Waals surface area (Å²) >= 11 is 0. The molecule has 1 aromatic rings. The minimum Gasteiger partial charge on any atom is -0.487 e. The van der Waals surface area contributed by atoms with Gasteiger partial charge in [0.05, 0.1) is 12.6 Å². The molecule has 1 aromatic carbocycles. The molecule has 3 rings (SSSR count). The molecule has 144 valence electrons. The molecule has 1 heterocycles. The van der Waals surface area contributed by atoms with E-state index in [0.717, 1.165) is 49.0 Å². The summed E-state index contributed by atoms with van der Waals surface area (Å²) in [7, 11) is 4.12. The van der Waals surface area contributed by atoms with Gasteiger partial charge >= 0.3 is 0 Å².